The number of fused-ring (bicyclic) bond motifs is 3. The summed E-state index contributed by atoms with van der Waals surface area (Å²) in [6.07, 6.45) is -0.343. The zero-order valence-electron chi connectivity index (χ0n) is 15.6. The van der Waals surface area contributed by atoms with Gasteiger partial charge in [-0.25, -0.2) is 0 Å². The van der Waals surface area contributed by atoms with Crippen molar-refractivity contribution in [1.29, 1.82) is 0 Å². The molecular formula is C21H22N4OS. The number of para-hydroxylation sites is 1. The van der Waals surface area contributed by atoms with Crippen LogP contribution < -0.4 is 10.1 Å². The van der Waals surface area contributed by atoms with E-state index in [1.165, 1.54) is 5.56 Å². The van der Waals surface area contributed by atoms with Crippen LogP contribution in [-0.4, -0.2) is 20.9 Å². The summed E-state index contributed by atoms with van der Waals surface area (Å²) in [6.45, 7) is 6.45. The van der Waals surface area contributed by atoms with Crippen molar-refractivity contribution < 1.29 is 4.74 Å². The Morgan fingerprint density at radius 2 is 1.85 bits per heavy atom. The predicted octanol–water partition coefficient (Wildman–Crippen LogP) is 5.28. The van der Waals surface area contributed by atoms with Gasteiger partial charge in [-0.2, -0.15) is 4.98 Å². The summed E-state index contributed by atoms with van der Waals surface area (Å²) in [6, 6.07) is 16.5. The first-order valence-corrected chi connectivity index (χ1v) is 10.1. The zero-order chi connectivity index (χ0) is 18.8. The lowest BCUT2D eigenvalue weighted by Gasteiger charge is -2.20. The molecule has 3 aromatic rings. The highest BCUT2D eigenvalue weighted by Gasteiger charge is 2.25. The maximum Gasteiger partial charge on any atom is 0.247 e. The van der Waals surface area contributed by atoms with Gasteiger partial charge in [0.15, 0.2) is 11.9 Å². The molecule has 2 heterocycles. The molecule has 138 valence electrons. The molecule has 0 aliphatic carbocycles. The Hall–Kier alpha value is -2.60. The van der Waals surface area contributed by atoms with E-state index in [9.17, 15) is 0 Å². The number of nitrogens with zero attached hydrogens (tertiary/aromatic N) is 3. The van der Waals surface area contributed by atoms with E-state index in [1.54, 1.807) is 11.8 Å². The van der Waals surface area contributed by atoms with Gasteiger partial charge in [0.25, 0.3) is 0 Å². The minimum Gasteiger partial charge on any atom is -0.448 e. The molecule has 1 atom stereocenters. The first-order valence-electron chi connectivity index (χ1n) is 9.15. The minimum atomic E-state index is -0.343. The molecule has 0 saturated heterocycles. The van der Waals surface area contributed by atoms with Crippen LogP contribution in [0.2, 0.25) is 0 Å². The molecule has 5 nitrogen and oxygen atoms in total. The molecule has 1 N–H and O–H groups in total. The molecule has 0 unspecified atom stereocenters. The average molecular weight is 379 g/mol. The lowest BCUT2D eigenvalue weighted by molar-refractivity contribution is 0.225. The van der Waals surface area contributed by atoms with Gasteiger partial charge in [0.1, 0.15) is 0 Å². The van der Waals surface area contributed by atoms with E-state index < -0.39 is 0 Å². The Morgan fingerprint density at radius 3 is 2.59 bits per heavy atom. The quantitative estimate of drug-likeness (QED) is 0.624. The van der Waals surface area contributed by atoms with E-state index in [2.05, 4.69) is 65.5 Å². The second-order valence-electron chi connectivity index (χ2n) is 6.69. The minimum absolute atomic E-state index is 0.343. The summed E-state index contributed by atoms with van der Waals surface area (Å²) in [7, 11) is 0. The number of nitrogens with one attached hydrogen (secondary N) is 1. The standard InChI is InChI=1S/C21H22N4OS/c1-4-27-21-23-20-18(24-25-21)16-7-5-6-8-17(16)22-19(26-20)15-11-9-14(10-12-15)13(2)3/h5-13,19,22H,4H2,1-3H3/t19-/m0/s1. The van der Waals surface area contributed by atoms with Crippen LogP contribution in [0.5, 0.6) is 5.88 Å². The Balaban J connectivity index is 1.77. The number of benzene rings is 2. The van der Waals surface area contributed by atoms with Crippen molar-refractivity contribution in [2.24, 2.45) is 0 Å². The Morgan fingerprint density at radius 1 is 1.07 bits per heavy atom. The van der Waals surface area contributed by atoms with Crippen LogP contribution in [0, 0.1) is 0 Å². The van der Waals surface area contributed by atoms with Crippen LogP contribution in [0.25, 0.3) is 11.3 Å². The topological polar surface area (TPSA) is 59.9 Å². The van der Waals surface area contributed by atoms with Crippen molar-refractivity contribution in [3.63, 3.8) is 0 Å². The Bertz CT molecular complexity index is 943. The molecule has 1 aliphatic rings. The lowest BCUT2D eigenvalue weighted by Crippen LogP contribution is -2.17. The van der Waals surface area contributed by atoms with E-state index in [1.807, 2.05) is 24.3 Å². The van der Waals surface area contributed by atoms with Crippen molar-refractivity contribution in [2.45, 2.75) is 38.1 Å². The third kappa shape index (κ3) is 3.62. The molecule has 0 fully saturated rings. The first kappa shape index (κ1) is 17.8. The molecule has 27 heavy (non-hydrogen) atoms. The second kappa shape index (κ2) is 7.56. The van der Waals surface area contributed by atoms with Gasteiger partial charge >= 0.3 is 0 Å². The van der Waals surface area contributed by atoms with Crippen molar-refractivity contribution in [1.82, 2.24) is 15.2 Å². The number of ether oxygens (including phenoxy) is 1. The number of anilines is 1. The highest BCUT2D eigenvalue weighted by molar-refractivity contribution is 7.99. The third-order valence-electron chi connectivity index (χ3n) is 4.51. The number of aromatic nitrogens is 3. The van der Waals surface area contributed by atoms with Gasteiger partial charge in [-0.05, 0) is 23.3 Å². The summed E-state index contributed by atoms with van der Waals surface area (Å²) >= 11 is 1.55. The maximum absolute atomic E-state index is 6.27. The Kier molecular flexibility index (Phi) is 4.99. The summed E-state index contributed by atoms with van der Waals surface area (Å²) in [5.74, 6) is 1.89. The zero-order valence-corrected chi connectivity index (χ0v) is 16.5. The highest BCUT2D eigenvalue weighted by atomic mass is 32.2. The summed E-state index contributed by atoms with van der Waals surface area (Å²) in [5, 5.41) is 12.8. The molecule has 0 saturated carbocycles. The van der Waals surface area contributed by atoms with Crippen molar-refractivity contribution in [3.8, 4) is 17.1 Å². The molecule has 4 rings (SSSR count). The third-order valence-corrected chi connectivity index (χ3v) is 5.23. The van der Waals surface area contributed by atoms with E-state index in [0.29, 0.717) is 22.6 Å². The predicted molar refractivity (Wildman–Crippen MR) is 109 cm³/mol. The van der Waals surface area contributed by atoms with Crippen LogP contribution in [-0.2, 0) is 0 Å². The fourth-order valence-corrected chi connectivity index (χ4v) is 3.55. The number of thioether (sulfide) groups is 1. The van der Waals surface area contributed by atoms with Gasteiger partial charge in [0.05, 0.1) is 0 Å². The molecule has 1 aromatic heterocycles. The largest absolute Gasteiger partial charge is 0.448 e. The molecule has 6 heteroatoms. The molecule has 0 amide bonds. The Labute approximate surface area is 163 Å². The van der Waals surface area contributed by atoms with Gasteiger partial charge in [0, 0.05) is 16.8 Å². The first-order chi connectivity index (χ1) is 13.2. The van der Waals surface area contributed by atoms with E-state index in [4.69, 9.17) is 4.74 Å². The van der Waals surface area contributed by atoms with Crippen molar-refractivity contribution in [3.05, 3.63) is 59.7 Å². The van der Waals surface area contributed by atoms with E-state index >= 15 is 0 Å². The molecular weight excluding hydrogens is 356 g/mol. The summed E-state index contributed by atoms with van der Waals surface area (Å²) in [4.78, 5) is 4.61. The van der Waals surface area contributed by atoms with Crippen molar-refractivity contribution >= 4 is 17.4 Å². The van der Waals surface area contributed by atoms with Gasteiger partial charge < -0.3 is 10.1 Å². The van der Waals surface area contributed by atoms with Crippen LogP contribution in [0.1, 0.15) is 44.0 Å². The van der Waals surface area contributed by atoms with Gasteiger partial charge in [0.2, 0.25) is 11.0 Å². The second-order valence-corrected chi connectivity index (χ2v) is 7.92. The molecule has 1 aliphatic heterocycles. The van der Waals surface area contributed by atoms with Crippen LogP contribution in [0.15, 0.2) is 53.7 Å². The molecule has 2 aromatic carbocycles. The van der Waals surface area contributed by atoms with E-state index in [0.717, 1.165) is 22.6 Å². The highest BCUT2D eigenvalue weighted by Crippen LogP contribution is 2.39. The van der Waals surface area contributed by atoms with Crippen LogP contribution in [0.3, 0.4) is 0 Å². The molecule has 0 bridgehead atoms. The number of hydrogen-bond donors (Lipinski definition) is 1. The van der Waals surface area contributed by atoms with Crippen molar-refractivity contribution in [2.75, 3.05) is 11.1 Å². The van der Waals surface area contributed by atoms with Gasteiger partial charge in [-0.1, -0.05) is 75.0 Å². The number of rotatable bonds is 4. The maximum atomic E-state index is 6.27. The van der Waals surface area contributed by atoms with Crippen LogP contribution in [0.4, 0.5) is 5.69 Å². The van der Waals surface area contributed by atoms with Gasteiger partial charge in [-0.15, -0.1) is 10.2 Å². The average Bonchev–Trinajstić information content (AvgIpc) is 2.85. The number of hydrogen-bond acceptors (Lipinski definition) is 6. The smallest absolute Gasteiger partial charge is 0.247 e. The SMILES string of the molecule is CCSc1nnc2c(n1)O[C@@H](c1ccc(C(C)C)cc1)Nc1ccccc1-2. The van der Waals surface area contributed by atoms with Gasteiger partial charge in [-0.3, -0.25) is 0 Å². The fraction of sp³-hybridized carbons (Fsp3) is 0.286. The molecule has 0 radical (unpaired) electrons. The van der Waals surface area contributed by atoms with Crippen LogP contribution >= 0.6 is 11.8 Å². The fourth-order valence-electron chi connectivity index (χ4n) is 3.04. The van der Waals surface area contributed by atoms with E-state index in [-0.39, 0.29) is 6.23 Å². The lowest BCUT2D eigenvalue weighted by atomic mass is 10.0. The normalized spacial score (nSPS) is 15.3. The summed E-state index contributed by atoms with van der Waals surface area (Å²) in [5.41, 5.74) is 4.92. The monoisotopic (exact) mass is 378 g/mol. The molecule has 0 spiro atoms. The summed E-state index contributed by atoms with van der Waals surface area (Å²) < 4.78 is 6.27.